The fourth-order valence-corrected chi connectivity index (χ4v) is 4.22. The molecule has 1 saturated carbocycles. The summed E-state index contributed by atoms with van der Waals surface area (Å²) in [5, 5.41) is 7.92. The highest BCUT2D eigenvalue weighted by Crippen LogP contribution is 2.23. The van der Waals surface area contributed by atoms with Crippen LogP contribution in [0, 0.1) is 6.92 Å². The molecule has 0 atom stereocenters. The van der Waals surface area contributed by atoms with Crippen LogP contribution in [0.25, 0.3) is 11.0 Å². The number of nitrogens with one attached hydrogen (secondary N) is 2. The fraction of sp³-hybridized carbons (Fsp3) is 0.278. The number of anilines is 1. The van der Waals surface area contributed by atoms with Crippen LogP contribution in [-0.4, -0.2) is 35.1 Å². The quantitative estimate of drug-likeness (QED) is 0.698. The number of amides is 1. The van der Waals surface area contributed by atoms with Crippen molar-refractivity contribution < 1.29 is 13.2 Å². The van der Waals surface area contributed by atoms with Gasteiger partial charge in [0.25, 0.3) is 5.91 Å². The molecule has 1 aliphatic rings. The summed E-state index contributed by atoms with van der Waals surface area (Å²) in [6, 6.07) is 7.80. The maximum Gasteiger partial charge on any atom is 0.255 e. The number of rotatable bonds is 5. The van der Waals surface area contributed by atoms with Crippen molar-refractivity contribution in [1.29, 1.82) is 0 Å². The van der Waals surface area contributed by atoms with Crippen LogP contribution in [0.4, 0.5) is 5.69 Å². The van der Waals surface area contributed by atoms with E-state index in [2.05, 4.69) is 20.1 Å². The van der Waals surface area contributed by atoms with Crippen LogP contribution in [0.5, 0.6) is 0 Å². The second-order valence-corrected chi connectivity index (χ2v) is 8.40. The number of carbonyl (C=O) groups excluding carboxylic acids is 1. The molecule has 2 N–H and O–H groups in total. The highest BCUT2D eigenvalue weighted by molar-refractivity contribution is 7.89. The number of benzene rings is 1. The van der Waals surface area contributed by atoms with Crippen LogP contribution in [0.15, 0.2) is 41.4 Å². The molecule has 140 valence electrons. The van der Waals surface area contributed by atoms with Gasteiger partial charge in [-0.05, 0) is 44.0 Å². The number of fused-ring (bicyclic) bond motifs is 1. The van der Waals surface area contributed by atoms with E-state index in [0.717, 1.165) is 29.6 Å². The van der Waals surface area contributed by atoms with E-state index in [-0.39, 0.29) is 16.5 Å². The number of hydrogen-bond acceptors (Lipinski definition) is 5. The van der Waals surface area contributed by atoms with E-state index in [1.165, 1.54) is 12.1 Å². The summed E-state index contributed by atoms with van der Waals surface area (Å²) in [6.45, 7) is 1.87. The highest BCUT2D eigenvalue weighted by atomic mass is 32.2. The number of sulfonamides is 1. The Morgan fingerprint density at radius 2 is 2.04 bits per heavy atom. The van der Waals surface area contributed by atoms with Gasteiger partial charge in [-0.15, -0.1) is 0 Å². The summed E-state index contributed by atoms with van der Waals surface area (Å²) < 4.78 is 29.0. The van der Waals surface area contributed by atoms with E-state index in [1.54, 1.807) is 29.1 Å². The Hall–Kier alpha value is -2.78. The molecule has 1 amide bonds. The van der Waals surface area contributed by atoms with Gasteiger partial charge in [-0.25, -0.2) is 18.1 Å². The molecule has 2 aromatic heterocycles. The number of nitrogens with zero attached hydrogens (tertiary/aromatic N) is 3. The van der Waals surface area contributed by atoms with Crippen molar-refractivity contribution in [2.75, 3.05) is 5.32 Å². The number of hydrogen-bond donors (Lipinski definition) is 2. The van der Waals surface area contributed by atoms with Crippen molar-refractivity contribution in [3.8, 4) is 0 Å². The summed E-state index contributed by atoms with van der Waals surface area (Å²) >= 11 is 0. The fourth-order valence-electron chi connectivity index (χ4n) is 2.87. The maximum absolute atomic E-state index is 12.6. The Bertz CT molecular complexity index is 1150. The first-order chi connectivity index (χ1) is 12.8. The maximum atomic E-state index is 12.6. The third-order valence-electron chi connectivity index (χ3n) is 4.43. The van der Waals surface area contributed by atoms with E-state index >= 15 is 0 Å². The standard InChI is InChI=1S/C18H19N5O3S/c1-11-16-9-14(10-19-17(16)23(2)21-11)20-18(24)12-4-3-5-15(8-12)27(25,26)22-13-6-7-13/h3-5,8-10,13,22H,6-7H2,1-2H3,(H,20,24). The summed E-state index contributed by atoms with van der Waals surface area (Å²) in [4.78, 5) is 17.0. The van der Waals surface area contributed by atoms with E-state index < -0.39 is 15.9 Å². The highest BCUT2D eigenvalue weighted by Gasteiger charge is 2.28. The van der Waals surface area contributed by atoms with Gasteiger partial charge in [0.1, 0.15) is 0 Å². The summed E-state index contributed by atoms with van der Waals surface area (Å²) in [7, 11) is -1.80. The van der Waals surface area contributed by atoms with E-state index in [9.17, 15) is 13.2 Å². The van der Waals surface area contributed by atoms with Crippen LogP contribution in [0.2, 0.25) is 0 Å². The molecule has 0 aliphatic heterocycles. The van der Waals surface area contributed by atoms with Crippen molar-refractivity contribution in [3.05, 3.63) is 47.8 Å². The van der Waals surface area contributed by atoms with Gasteiger partial charge >= 0.3 is 0 Å². The van der Waals surface area contributed by atoms with Crippen molar-refractivity contribution in [1.82, 2.24) is 19.5 Å². The molecule has 3 aromatic rings. The molecule has 27 heavy (non-hydrogen) atoms. The van der Waals surface area contributed by atoms with Crippen LogP contribution in [0.1, 0.15) is 28.9 Å². The molecule has 0 unspecified atom stereocenters. The van der Waals surface area contributed by atoms with Crippen molar-refractivity contribution in [2.45, 2.75) is 30.7 Å². The van der Waals surface area contributed by atoms with E-state index in [1.807, 2.05) is 14.0 Å². The summed E-state index contributed by atoms with van der Waals surface area (Å²) in [5.74, 6) is -0.402. The second kappa shape index (κ2) is 6.43. The van der Waals surface area contributed by atoms with Gasteiger partial charge in [0.05, 0.1) is 22.5 Å². The molecular weight excluding hydrogens is 366 g/mol. The van der Waals surface area contributed by atoms with E-state index in [0.29, 0.717) is 5.69 Å². The topological polar surface area (TPSA) is 106 Å². The zero-order chi connectivity index (χ0) is 19.2. The number of pyridine rings is 1. The lowest BCUT2D eigenvalue weighted by atomic mass is 10.2. The summed E-state index contributed by atoms with van der Waals surface area (Å²) in [6.07, 6.45) is 3.25. The minimum Gasteiger partial charge on any atom is -0.321 e. The first-order valence-electron chi connectivity index (χ1n) is 8.56. The first kappa shape index (κ1) is 17.6. The van der Waals surface area contributed by atoms with Gasteiger partial charge in [-0.3, -0.25) is 9.48 Å². The monoisotopic (exact) mass is 385 g/mol. The Balaban J connectivity index is 1.58. The Labute approximate surface area is 156 Å². The average molecular weight is 385 g/mol. The molecule has 1 aliphatic carbocycles. The third-order valence-corrected chi connectivity index (χ3v) is 5.94. The summed E-state index contributed by atoms with van der Waals surface area (Å²) in [5.41, 5.74) is 2.32. The van der Waals surface area contributed by atoms with Gasteiger partial charge in [0, 0.05) is 24.0 Å². The van der Waals surface area contributed by atoms with Gasteiger partial charge in [-0.1, -0.05) is 6.07 Å². The Kier molecular flexibility index (Phi) is 4.20. The van der Waals surface area contributed by atoms with Gasteiger partial charge in [0.2, 0.25) is 10.0 Å². The Morgan fingerprint density at radius 1 is 1.26 bits per heavy atom. The second-order valence-electron chi connectivity index (χ2n) is 6.68. The zero-order valence-electron chi connectivity index (χ0n) is 14.9. The van der Waals surface area contributed by atoms with Crippen LogP contribution in [0.3, 0.4) is 0 Å². The molecule has 4 rings (SSSR count). The molecule has 0 bridgehead atoms. The van der Waals surface area contributed by atoms with Crippen molar-refractivity contribution in [3.63, 3.8) is 0 Å². The van der Waals surface area contributed by atoms with Crippen molar-refractivity contribution >= 4 is 32.7 Å². The predicted molar refractivity (Wildman–Crippen MR) is 101 cm³/mol. The predicted octanol–water partition coefficient (Wildman–Crippen LogP) is 1.97. The number of carbonyl (C=O) groups is 1. The molecule has 0 saturated heterocycles. The van der Waals surface area contributed by atoms with E-state index in [4.69, 9.17) is 0 Å². The molecule has 2 heterocycles. The van der Waals surface area contributed by atoms with Gasteiger partial charge < -0.3 is 5.32 Å². The molecule has 0 radical (unpaired) electrons. The average Bonchev–Trinajstić information content (AvgIpc) is 3.39. The minimum atomic E-state index is -3.61. The normalized spacial score (nSPS) is 14.4. The number of aromatic nitrogens is 3. The Morgan fingerprint density at radius 3 is 2.78 bits per heavy atom. The van der Waals surface area contributed by atoms with Gasteiger partial charge in [0.15, 0.2) is 5.65 Å². The lowest BCUT2D eigenvalue weighted by molar-refractivity contribution is 0.102. The molecule has 8 nitrogen and oxygen atoms in total. The minimum absolute atomic E-state index is 0.00741. The third kappa shape index (κ3) is 3.56. The molecule has 9 heteroatoms. The SMILES string of the molecule is Cc1nn(C)c2ncc(NC(=O)c3cccc(S(=O)(=O)NC4CC4)c3)cc12. The molecule has 0 spiro atoms. The van der Waals surface area contributed by atoms with Crippen LogP contribution in [-0.2, 0) is 17.1 Å². The van der Waals surface area contributed by atoms with Gasteiger partial charge in [-0.2, -0.15) is 5.10 Å². The van der Waals surface area contributed by atoms with Crippen LogP contribution < -0.4 is 10.0 Å². The smallest absolute Gasteiger partial charge is 0.255 e. The van der Waals surface area contributed by atoms with Crippen molar-refractivity contribution in [2.24, 2.45) is 7.05 Å². The molecular formula is C18H19N5O3S. The molecule has 1 aromatic carbocycles. The lowest BCUT2D eigenvalue weighted by Gasteiger charge is -2.08. The number of aryl methyl sites for hydroxylation is 2. The largest absolute Gasteiger partial charge is 0.321 e. The lowest BCUT2D eigenvalue weighted by Crippen LogP contribution is -2.26. The van der Waals surface area contributed by atoms with Crippen LogP contribution >= 0.6 is 0 Å². The zero-order valence-corrected chi connectivity index (χ0v) is 15.7. The molecule has 1 fully saturated rings. The first-order valence-corrected chi connectivity index (χ1v) is 10.0.